The van der Waals surface area contributed by atoms with Gasteiger partial charge in [-0.1, -0.05) is 11.6 Å². The number of anilines is 1. The third-order valence-corrected chi connectivity index (χ3v) is 2.93. The zero-order valence-corrected chi connectivity index (χ0v) is 11.4. The van der Waals surface area contributed by atoms with Gasteiger partial charge in [0.1, 0.15) is 11.5 Å². The van der Waals surface area contributed by atoms with Crippen LogP contribution >= 0.6 is 11.6 Å². The van der Waals surface area contributed by atoms with Gasteiger partial charge in [0.25, 0.3) is 0 Å². The summed E-state index contributed by atoms with van der Waals surface area (Å²) in [5, 5.41) is 4.68. The summed E-state index contributed by atoms with van der Waals surface area (Å²) in [6, 6.07) is 5.20. The van der Waals surface area contributed by atoms with Crippen LogP contribution in [0.25, 0.3) is 22.8 Å². The normalized spacial score (nSPS) is 10.7. The van der Waals surface area contributed by atoms with Crippen molar-refractivity contribution in [2.45, 2.75) is 0 Å². The Morgan fingerprint density at radius 1 is 1.15 bits per heavy atom. The molecule has 7 heteroatoms. The SMILES string of the molecule is Cn1cc(-c2cc(N)nc(-c3ccc(Cl)cn3)n2)cn1. The van der Waals surface area contributed by atoms with Gasteiger partial charge in [-0.25, -0.2) is 9.97 Å². The van der Waals surface area contributed by atoms with Gasteiger partial charge in [0.2, 0.25) is 0 Å². The van der Waals surface area contributed by atoms with Gasteiger partial charge in [0, 0.05) is 31.1 Å². The summed E-state index contributed by atoms with van der Waals surface area (Å²) in [6.07, 6.45) is 5.13. The monoisotopic (exact) mass is 286 g/mol. The Bertz CT molecular complexity index is 750. The van der Waals surface area contributed by atoms with Crippen LogP contribution in [0.5, 0.6) is 0 Å². The molecule has 0 atom stereocenters. The van der Waals surface area contributed by atoms with E-state index in [1.54, 1.807) is 35.3 Å². The van der Waals surface area contributed by atoms with E-state index >= 15 is 0 Å². The first-order valence-electron chi connectivity index (χ1n) is 5.87. The molecule has 3 aromatic rings. The molecule has 0 aromatic carbocycles. The predicted octanol–water partition coefficient (Wildman–Crippen LogP) is 2.17. The molecule has 0 aliphatic heterocycles. The molecule has 0 fully saturated rings. The number of pyridine rings is 1. The summed E-state index contributed by atoms with van der Waals surface area (Å²) in [5.74, 6) is 0.839. The molecular formula is C13H11ClN6. The quantitative estimate of drug-likeness (QED) is 0.781. The molecule has 0 aliphatic rings. The second-order valence-corrected chi connectivity index (χ2v) is 4.70. The van der Waals surface area contributed by atoms with Gasteiger partial charge < -0.3 is 5.73 Å². The van der Waals surface area contributed by atoms with Crippen LogP contribution < -0.4 is 5.73 Å². The topological polar surface area (TPSA) is 82.5 Å². The fourth-order valence-electron chi connectivity index (χ4n) is 1.79. The molecule has 0 spiro atoms. The van der Waals surface area contributed by atoms with Crippen molar-refractivity contribution in [1.82, 2.24) is 24.7 Å². The van der Waals surface area contributed by atoms with Crippen LogP contribution in [0.3, 0.4) is 0 Å². The maximum Gasteiger partial charge on any atom is 0.180 e. The summed E-state index contributed by atoms with van der Waals surface area (Å²) in [6.45, 7) is 0. The van der Waals surface area contributed by atoms with Crippen LogP contribution in [-0.2, 0) is 7.05 Å². The average molecular weight is 287 g/mol. The lowest BCUT2D eigenvalue weighted by Gasteiger charge is -2.04. The maximum absolute atomic E-state index is 5.84. The first kappa shape index (κ1) is 12.6. The molecular weight excluding hydrogens is 276 g/mol. The van der Waals surface area contributed by atoms with Gasteiger partial charge in [-0.15, -0.1) is 0 Å². The zero-order chi connectivity index (χ0) is 14.1. The Kier molecular flexibility index (Phi) is 3.08. The Morgan fingerprint density at radius 2 is 2.00 bits per heavy atom. The second-order valence-electron chi connectivity index (χ2n) is 4.27. The minimum Gasteiger partial charge on any atom is -0.384 e. The highest BCUT2D eigenvalue weighted by Crippen LogP contribution is 2.22. The van der Waals surface area contributed by atoms with E-state index in [0.717, 1.165) is 5.56 Å². The van der Waals surface area contributed by atoms with Crippen LogP contribution in [0.4, 0.5) is 5.82 Å². The van der Waals surface area contributed by atoms with Crippen molar-refractivity contribution in [2.24, 2.45) is 7.05 Å². The van der Waals surface area contributed by atoms with Gasteiger partial charge in [0.15, 0.2) is 5.82 Å². The number of nitrogen functional groups attached to an aromatic ring is 1. The molecule has 0 saturated heterocycles. The van der Waals surface area contributed by atoms with Crippen LogP contribution in [0, 0.1) is 0 Å². The summed E-state index contributed by atoms with van der Waals surface area (Å²) >= 11 is 5.82. The van der Waals surface area contributed by atoms with Crippen LogP contribution in [0.15, 0.2) is 36.8 Å². The van der Waals surface area contributed by atoms with Crippen molar-refractivity contribution in [2.75, 3.05) is 5.73 Å². The number of aromatic nitrogens is 5. The molecule has 3 rings (SSSR count). The van der Waals surface area contributed by atoms with Crippen LogP contribution in [0.2, 0.25) is 5.02 Å². The first-order valence-corrected chi connectivity index (χ1v) is 6.25. The molecule has 3 heterocycles. The number of nitrogens with two attached hydrogens (primary N) is 1. The molecule has 0 bridgehead atoms. The molecule has 2 N–H and O–H groups in total. The lowest BCUT2D eigenvalue weighted by atomic mass is 10.2. The lowest BCUT2D eigenvalue weighted by Crippen LogP contribution is -1.98. The molecule has 3 aromatic heterocycles. The fraction of sp³-hybridized carbons (Fsp3) is 0.0769. The number of hydrogen-bond acceptors (Lipinski definition) is 5. The minimum absolute atomic E-state index is 0.380. The number of halogens is 1. The third-order valence-electron chi connectivity index (χ3n) is 2.70. The summed E-state index contributed by atoms with van der Waals surface area (Å²) in [4.78, 5) is 12.9. The Balaban J connectivity index is 2.09. The summed E-state index contributed by atoms with van der Waals surface area (Å²) < 4.78 is 1.70. The largest absolute Gasteiger partial charge is 0.384 e. The van der Waals surface area contributed by atoms with Gasteiger partial charge in [-0.05, 0) is 12.1 Å². The second kappa shape index (κ2) is 4.90. The highest BCUT2D eigenvalue weighted by atomic mass is 35.5. The molecule has 6 nitrogen and oxygen atoms in total. The Hall–Kier alpha value is -2.47. The maximum atomic E-state index is 5.84. The van der Waals surface area contributed by atoms with Gasteiger partial charge in [-0.3, -0.25) is 9.67 Å². The zero-order valence-electron chi connectivity index (χ0n) is 10.7. The van der Waals surface area contributed by atoms with Crippen molar-refractivity contribution in [3.63, 3.8) is 0 Å². The van der Waals surface area contributed by atoms with E-state index in [-0.39, 0.29) is 0 Å². The van der Waals surface area contributed by atoms with E-state index in [2.05, 4.69) is 20.1 Å². The van der Waals surface area contributed by atoms with E-state index in [1.807, 2.05) is 13.2 Å². The Labute approximate surface area is 120 Å². The van der Waals surface area contributed by atoms with Crippen molar-refractivity contribution >= 4 is 17.4 Å². The summed E-state index contributed by atoms with van der Waals surface area (Å²) in [7, 11) is 1.84. The van der Waals surface area contributed by atoms with Crippen LogP contribution in [0.1, 0.15) is 0 Å². The number of nitrogens with zero attached hydrogens (tertiary/aromatic N) is 5. The van der Waals surface area contributed by atoms with Gasteiger partial charge in [0.05, 0.1) is 16.9 Å². The van der Waals surface area contributed by atoms with Crippen LogP contribution in [-0.4, -0.2) is 24.7 Å². The van der Waals surface area contributed by atoms with Crippen molar-refractivity contribution in [3.8, 4) is 22.8 Å². The molecule has 0 unspecified atom stereocenters. The highest BCUT2D eigenvalue weighted by Gasteiger charge is 2.09. The average Bonchev–Trinajstić information content (AvgIpc) is 2.85. The number of aryl methyl sites for hydroxylation is 1. The van der Waals surface area contributed by atoms with E-state index in [1.165, 1.54) is 0 Å². The molecule has 20 heavy (non-hydrogen) atoms. The highest BCUT2D eigenvalue weighted by molar-refractivity contribution is 6.30. The standard InChI is InChI=1S/C13H11ClN6/c1-20-7-8(5-17-20)11-4-12(15)19-13(18-11)10-3-2-9(14)6-16-10/h2-7H,1H3,(H2,15,18,19). The number of hydrogen-bond donors (Lipinski definition) is 1. The lowest BCUT2D eigenvalue weighted by molar-refractivity contribution is 0.768. The smallest absolute Gasteiger partial charge is 0.180 e. The predicted molar refractivity (Wildman–Crippen MR) is 76.9 cm³/mol. The minimum atomic E-state index is 0.380. The summed E-state index contributed by atoms with van der Waals surface area (Å²) in [5.41, 5.74) is 8.03. The van der Waals surface area contributed by atoms with Gasteiger partial charge >= 0.3 is 0 Å². The van der Waals surface area contributed by atoms with E-state index < -0.39 is 0 Å². The van der Waals surface area contributed by atoms with Crippen molar-refractivity contribution in [3.05, 3.63) is 41.8 Å². The van der Waals surface area contributed by atoms with Gasteiger partial charge in [-0.2, -0.15) is 5.10 Å². The van der Waals surface area contributed by atoms with Crippen molar-refractivity contribution in [1.29, 1.82) is 0 Å². The first-order chi connectivity index (χ1) is 9.61. The molecule has 0 amide bonds. The molecule has 0 aliphatic carbocycles. The number of rotatable bonds is 2. The molecule has 0 saturated carbocycles. The van der Waals surface area contributed by atoms with E-state index in [9.17, 15) is 0 Å². The van der Waals surface area contributed by atoms with E-state index in [0.29, 0.717) is 28.1 Å². The third kappa shape index (κ3) is 2.46. The fourth-order valence-corrected chi connectivity index (χ4v) is 1.90. The van der Waals surface area contributed by atoms with Crippen molar-refractivity contribution < 1.29 is 0 Å². The molecule has 0 radical (unpaired) electrons. The Morgan fingerprint density at radius 3 is 2.65 bits per heavy atom. The van der Waals surface area contributed by atoms with E-state index in [4.69, 9.17) is 17.3 Å². The molecule has 100 valence electrons.